The van der Waals surface area contributed by atoms with Gasteiger partial charge in [0.2, 0.25) is 0 Å². The number of amides is 2. The molecule has 5 heteroatoms. The van der Waals surface area contributed by atoms with E-state index >= 15 is 0 Å². The molecular weight excluding hydrogens is 356 g/mol. The lowest BCUT2D eigenvalue weighted by Crippen LogP contribution is -2.50. The number of carbonyl (C=O) groups is 1. The Bertz CT molecular complexity index is 536. The quantitative estimate of drug-likeness (QED) is 0.757. The summed E-state index contributed by atoms with van der Waals surface area (Å²) in [5, 5.41) is 5.97. The van der Waals surface area contributed by atoms with Crippen LogP contribution in [0.2, 0.25) is 0 Å². The third-order valence-electron chi connectivity index (χ3n) is 3.34. The first-order valence-corrected chi connectivity index (χ1v) is 8.70. The summed E-state index contributed by atoms with van der Waals surface area (Å²) >= 11 is 3.47. The Morgan fingerprint density at radius 2 is 1.87 bits per heavy atom. The van der Waals surface area contributed by atoms with Crippen molar-refractivity contribution in [3.8, 4) is 5.75 Å². The Morgan fingerprint density at radius 3 is 2.39 bits per heavy atom. The lowest BCUT2D eigenvalue weighted by Gasteiger charge is -2.33. The van der Waals surface area contributed by atoms with E-state index in [1.165, 1.54) is 0 Å². The van der Waals surface area contributed by atoms with Gasteiger partial charge in [0.15, 0.2) is 0 Å². The highest BCUT2D eigenvalue weighted by atomic mass is 79.9. The minimum absolute atomic E-state index is 0.119. The van der Waals surface area contributed by atoms with Crippen molar-refractivity contribution in [3.63, 3.8) is 0 Å². The fraction of sp³-hybridized carbons (Fsp3) is 0.611. The lowest BCUT2D eigenvalue weighted by molar-refractivity contribution is 0.210. The zero-order chi connectivity index (χ0) is 17.7. The average molecular weight is 385 g/mol. The zero-order valence-electron chi connectivity index (χ0n) is 15.0. The average Bonchev–Trinajstić information content (AvgIpc) is 2.35. The van der Waals surface area contributed by atoms with Crippen molar-refractivity contribution >= 4 is 22.0 Å². The normalized spacial score (nSPS) is 12.0. The molecule has 1 aromatic rings. The highest BCUT2D eigenvalue weighted by Gasteiger charge is 2.26. The number of nitrogens with one attached hydrogen (secondary N) is 2. The summed E-state index contributed by atoms with van der Waals surface area (Å²) in [5.74, 6) is 0.809. The van der Waals surface area contributed by atoms with Crippen LogP contribution in [0.4, 0.5) is 4.79 Å². The van der Waals surface area contributed by atoms with Crippen molar-refractivity contribution in [2.24, 2.45) is 5.41 Å². The lowest BCUT2D eigenvalue weighted by atomic mass is 9.82. The van der Waals surface area contributed by atoms with Gasteiger partial charge in [0.1, 0.15) is 5.75 Å². The first-order valence-electron chi connectivity index (χ1n) is 7.91. The summed E-state index contributed by atoms with van der Waals surface area (Å²) in [4.78, 5) is 12.1. The third-order valence-corrected chi connectivity index (χ3v) is 3.96. The monoisotopic (exact) mass is 384 g/mol. The molecule has 2 N–H and O–H groups in total. The van der Waals surface area contributed by atoms with Crippen LogP contribution in [0.3, 0.4) is 0 Å². The number of hydrogen-bond donors (Lipinski definition) is 2. The number of ether oxygens (including phenoxy) is 1. The molecular formula is C18H29BrN2O2. The molecule has 23 heavy (non-hydrogen) atoms. The van der Waals surface area contributed by atoms with Crippen molar-refractivity contribution in [1.82, 2.24) is 10.6 Å². The Labute approximate surface area is 148 Å². The maximum atomic E-state index is 12.1. The van der Waals surface area contributed by atoms with E-state index < -0.39 is 0 Å². The molecule has 0 fully saturated rings. The molecule has 130 valence electrons. The number of hydrogen-bond acceptors (Lipinski definition) is 2. The van der Waals surface area contributed by atoms with Crippen LogP contribution in [0.1, 0.15) is 46.6 Å². The number of carbonyl (C=O) groups excluding carboxylic acids is 1. The van der Waals surface area contributed by atoms with Gasteiger partial charge in [-0.25, -0.2) is 4.79 Å². The van der Waals surface area contributed by atoms with Crippen LogP contribution >= 0.6 is 15.9 Å². The van der Waals surface area contributed by atoms with E-state index in [1.807, 2.05) is 18.2 Å². The van der Waals surface area contributed by atoms with E-state index in [0.29, 0.717) is 6.54 Å². The predicted octanol–water partition coefficient (Wildman–Crippen LogP) is 4.51. The summed E-state index contributed by atoms with van der Waals surface area (Å²) in [5.41, 5.74) is 1.09. The van der Waals surface area contributed by atoms with Gasteiger partial charge in [-0.1, -0.05) is 26.8 Å². The van der Waals surface area contributed by atoms with Crippen molar-refractivity contribution < 1.29 is 9.53 Å². The first-order chi connectivity index (χ1) is 10.5. The maximum absolute atomic E-state index is 12.1. The summed E-state index contributed by atoms with van der Waals surface area (Å²) < 4.78 is 6.13. The van der Waals surface area contributed by atoms with Gasteiger partial charge in [-0.3, -0.25) is 0 Å². The summed E-state index contributed by atoms with van der Waals surface area (Å²) in [6.45, 7) is 11.2. The second-order valence-electron chi connectivity index (χ2n) is 7.72. The van der Waals surface area contributed by atoms with Gasteiger partial charge in [-0.15, -0.1) is 0 Å². The molecule has 0 aliphatic heterocycles. The standard InChI is InChI=1S/C18H29BrN2O2/c1-17(2,3)12-18(4,5)21-16(22)20-10-9-13-7-8-15(23-6)14(19)11-13/h7-8,11H,9-10,12H2,1-6H3,(H2,20,21,22). The van der Waals surface area contributed by atoms with Gasteiger partial charge < -0.3 is 15.4 Å². The number of urea groups is 1. The molecule has 0 aliphatic rings. The van der Waals surface area contributed by atoms with E-state index in [-0.39, 0.29) is 17.0 Å². The Hall–Kier alpha value is -1.23. The first kappa shape index (κ1) is 19.8. The number of rotatable bonds is 6. The number of methoxy groups -OCH3 is 1. The molecule has 4 nitrogen and oxygen atoms in total. The van der Waals surface area contributed by atoms with Gasteiger partial charge in [0, 0.05) is 12.1 Å². The molecule has 1 rings (SSSR count). The number of halogens is 1. The summed E-state index contributed by atoms with van der Waals surface area (Å²) in [6.07, 6.45) is 1.69. The smallest absolute Gasteiger partial charge is 0.315 e. The molecule has 0 spiro atoms. The topological polar surface area (TPSA) is 50.4 Å². The molecule has 0 heterocycles. The fourth-order valence-electron chi connectivity index (χ4n) is 2.91. The molecule has 0 unspecified atom stereocenters. The van der Waals surface area contributed by atoms with E-state index in [4.69, 9.17) is 4.74 Å². The molecule has 0 atom stereocenters. The zero-order valence-corrected chi connectivity index (χ0v) is 16.6. The Morgan fingerprint density at radius 1 is 1.22 bits per heavy atom. The maximum Gasteiger partial charge on any atom is 0.315 e. The fourth-order valence-corrected chi connectivity index (χ4v) is 3.50. The number of benzene rings is 1. The minimum Gasteiger partial charge on any atom is -0.496 e. The highest BCUT2D eigenvalue weighted by molar-refractivity contribution is 9.10. The summed E-state index contributed by atoms with van der Waals surface area (Å²) in [7, 11) is 1.64. The van der Waals surface area contributed by atoms with Crippen LogP contribution in [-0.4, -0.2) is 25.2 Å². The van der Waals surface area contributed by atoms with Crippen molar-refractivity contribution in [2.75, 3.05) is 13.7 Å². The molecule has 2 amide bonds. The molecule has 0 aromatic heterocycles. The molecule has 0 saturated heterocycles. The van der Waals surface area contributed by atoms with E-state index in [0.717, 1.165) is 28.6 Å². The third kappa shape index (κ3) is 7.73. The van der Waals surface area contributed by atoms with Gasteiger partial charge in [-0.2, -0.15) is 0 Å². The van der Waals surface area contributed by atoms with Crippen LogP contribution in [-0.2, 0) is 6.42 Å². The highest BCUT2D eigenvalue weighted by Crippen LogP contribution is 2.27. The predicted molar refractivity (Wildman–Crippen MR) is 99.1 cm³/mol. The molecule has 0 bridgehead atoms. The van der Waals surface area contributed by atoms with Crippen LogP contribution in [0.25, 0.3) is 0 Å². The Balaban J connectivity index is 2.43. The van der Waals surface area contributed by atoms with E-state index in [2.05, 4.69) is 61.2 Å². The molecule has 0 radical (unpaired) electrons. The van der Waals surface area contributed by atoms with E-state index in [9.17, 15) is 4.79 Å². The van der Waals surface area contributed by atoms with Crippen LogP contribution in [0.5, 0.6) is 5.75 Å². The van der Waals surface area contributed by atoms with Gasteiger partial charge in [0.25, 0.3) is 0 Å². The minimum atomic E-state index is -0.231. The van der Waals surface area contributed by atoms with Crippen LogP contribution < -0.4 is 15.4 Å². The Kier molecular flexibility index (Phi) is 6.93. The van der Waals surface area contributed by atoms with Crippen molar-refractivity contribution in [3.05, 3.63) is 28.2 Å². The van der Waals surface area contributed by atoms with Crippen molar-refractivity contribution in [2.45, 2.75) is 53.0 Å². The van der Waals surface area contributed by atoms with Gasteiger partial charge >= 0.3 is 6.03 Å². The summed E-state index contributed by atoms with van der Waals surface area (Å²) in [6, 6.07) is 5.83. The second kappa shape index (κ2) is 8.04. The van der Waals surface area contributed by atoms with E-state index in [1.54, 1.807) is 7.11 Å². The van der Waals surface area contributed by atoms with Gasteiger partial charge in [-0.05, 0) is 65.7 Å². The molecule has 1 aromatic carbocycles. The SMILES string of the molecule is COc1ccc(CCNC(=O)NC(C)(C)CC(C)(C)C)cc1Br. The van der Waals surface area contributed by atoms with Crippen LogP contribution in [0.15, 0.2) is 22.7 Å². The van der Waals surface area contributed by atoms with Gasteiger partial charge in [0.05, 0.1) is 11.6 Å². The van der Waals surface area contributed by atoms with Crippen LogP contribution in [0, 0.1) is 5.41 Å². The molecule has 0 saturated carbocycles. The molecule has 0 aliphatic carbocycles. The largest absolute Gasteiger partial charge is 0.496 e. The van der Waals surface area contributed by atoms with Crippen molar-refractivity contribution in [1.29, 1.82) is 0 Å². The second-order valence-corrected chi connectivity index (χ2v) is 8.58.